The van der Waals surface area contributed by atoms with Crippen LogP contribution in [-0.4, -0.2) is 11.0 Å². The Morgan fingerprint density at radius 3 is 2.67 bits per heavy atom. The van der Waals surface area contributed by atoms with Crippen molar-refractivity contribution < 1.29 is 4.92 Å². The first-order chi connectivity index (χ1) is 10.0. The van der Waals surface area contributed by atoms with E-state index in [1.165, 1.54) is 10.9 Å². The topological polar surface area (TPSA) is 46.4 Å². The van der Waals surface area contributed by atoms with Crippen LogP contribution in [0.4, 0.5) is 11.4 Å². The van der Waals surface area contributed by atoms with Crippen LogP contribution >= 0.6 is 22.9 Å². The van der Waals surface area contributed by atoms with Gasteiger partial charge in [-0.25, -0.2) is 0 Å². The first-order valence-corrected chi connectivity index (χ1v) is 8.06. The second-order valence-electron chi connectivity index (χ2n) is 5.00. The van der Waals surface area contributed by atoms with E-state index in [0.717, 1.165) is 12.2 Å². The molecule has 2 aromatic rings. The van der Waals surface area contributed by atoms with Crippen molar-refractivity contribution in [1.82, 2.24) is 0 Å². The van der Waals surface area contributed by atoms with Crippen LogP contribution in [0.3, 0.4) is 0 Å². The van der Waals surface area contributed by atoms with E-state index in [1.54, 1.807) is 17.4 Å². The number of anilines is 1. The zero-order valence-electron chi connectivity index (χ0n) is 12.0. The molecule has 0 bridgehead atoms. The van der Waals surface area contributed by atoms with Crippen molar-refractivity contribution >= 4 is 34.3 Å². The predicted molar refractivity (Wildman–Crippen MR) is 88.3 cm³/mol. The molecule has 0 saturated carbocycles. The average molecular weight is 325 g/mol. The lowest BCUT2D eigenvalue weighted by atomic mass is 10.1. The molecule has 112 valence electrons. The van der Waals surface area contributed by atoms with Gasteiger partial charge in [0.1, 0.15) is 0 Å². The Kier molecular flexibility index (Phi) is 5.20. The highest BCUT2D eigenvalue weighted by molar-refractivity contribution is 7.09. The minimum atomic E-state index is -0.388. The van der Waals surface area contributed by atoms with Crippen LogP contribution in [0, 0.1) is 10.1 Å². The van der Waals surface area contributed by atoms with E-state index < -0.39 is 0 Å². The Morgan fingerprint density at radius 2 is 2.14 bits per heavy atom. The fourth-order valence-electron chi connectivity index (χ4n) is 2.18. The summed E-state index contributed by atoms with van der Waals surface area (Å²) in [4.78, 5) is 14.1. The van der Waals surface area contributed by atoms with Gasteiger partial charge in [-0.15, -0.1) is 22.9 Å². The van der Waals surface area contributed by atoms with E-state index in [2.05, 4.69) is 24.8 Å². The van der Waals surface area contributed by atoms with Crippen molar-refractivity contribution in [2.24, 2.45) is 0 Å². The highest BCUT2D eigenvalue weighted by Crippen LogP contribution is 2.29. The summed E-state index contributed by atoms with van der Waals surface area (Å²) in [6.07, 6.45) is 0. The maximum atomic E-state index is 11.0. The largest absolute Gasteiger partial charge is 0.364 e. The molecule has 0 N–H and O–H groups in total. The number of nitro benzene ring substituents is 1. The van der Waals surface area contributed by atoms with Crippen LogP contribution in [0.15, 0.2) is 35.7 Å². The van der Waals surface area contributed by atoms with Gasteiger partial charge in [0.15, 0.2) is 0 Å². The van der Waals surface area contributed by atoms with Gasteiger partial charge in [-0.1, -0.05) is 6.07 Å². The Bertz CT molecular complexity index is 614. The van der Waals surface area contributed by atoms with Crippen LogP contribution in [-0.2, 0) is 12.4 Å². The van der Waals surface area contributed by atoms with Crippen LogP contribution < -0.4 is 4.90 Å². The van der Waals surface area contributed by atoms with Crippen LogP contribution in [0.1, 0.15) is 24.3 Å². The third-order valence-electron chi connectivity index (χ3n) is 3.27. The number of alkyl halides is 1. The summed E-state index contributed by atoms with van der Waals surface area (Å²) in [6.45, 7) is 5.00. The van der Waals surface area contributed by atoms with E-state index >= 15 is 0 Å². The molecule has 1 aromatic heterocycles. The van der Waals surface area contributed by atoms with Gasteiger partial charge in [0, 0.05) is 28.2 Å². The van der Waals surface area contributed by atoms with Crippen molar-refractivity contribution in [2.75, 3.05) is 4.90 Å². The summed E-state index contributed by atoms with van der Waals surface area (Å²) < 4.78 is 0. The third kappa shape index (κ3) is 3.74. The van der Waals surface area contributed by atoms with Gasteiger partial charge in [0.25, 0.3) is 5.69 Å². The molecule has 4 nitrogen and oxygen atoms in total. The second kappa shape index (κ2) is 6.91. The standard InChI is InChI=1S/C15H17ClN2O2S/c1-11(2)17(10-14-4-3-7-21-14)13-5-6-15(18(19)20)12(8-13)9-16/h3-8,11H,9-10H2,1-2H3. The van der Waals surface area contributed by atoms with Crippen molar-refractivity contribution in [3.8, 4) is 0 Å². The number of rotatable bonds is 6. The predicted octanol–water partition coefficient (Wildman–Crippen LogP) is 4.81. The molecule has 6 heteroatoms. The number of halogens is 1. The fourth-order valence-corrected chi connectivity index (χ4v) is 3.09. The van der Waals surface area contributed by atoms with Crippen molar-refractivity contribution in [2.45, 2.75) is 32.3 Å². The summed E-state index contributed by atoms with van der Waals surface area (Å²) in [6, 6.07) is 9.56. The van der Waals surface area contributed by atoms with Crippen LogP contribution in [0.5, 0.6) is 0 Å². The first-order valence-electron chi connectivity index (χ1n) is 6.65. The number of hydrogen-bond donors (Lipinski definition) is 0. The molecule has 21 heavy (non-hydrogen) atoms. The monoisotopic (exact) mass is 324 g/mol. The maximum absolute atomic E-state index is 11.0. The quantitative estimate of drug-likeness (QED) is 0.435. The molecule has 0 aliphatic carbocycles. The van der Waals surface area contributed by atoms with Gasteiger partial charge in [0.2, 0.25) is 0 Å². The minimum absolute atomic E-state index is 0.0774. The summed E-state index contributed by atoms with van der Waals surface area (Å²) in [5, 5.41) is 13.0. The fraction of sp³-hybridized carbons (Fsp3) is 0.333. The van der Waals surface area contributed by atoms with Gasteiger partial charge in [-0.2, -0.15) is 0 Å². The number of nitro groups is 1. The van der Waals surface area contributed by atoms with Gasteiger partial charge < -0.3 is 4.90 Å². The van der Waals surface area contributed by atoms with Gasteiger partial charge >= 0.3 is 0 Å². The molecule has 0 unspecified atom stereocenters. The molecule has 0 radical (unpaired) electrons. The lowest BCUT2D eigenvalue weighted by Gasteiger charge is -2.29. The normalized spacial score (nSPS) is 10.9. The van der Waals surface area contributed by atoms with E-state index in [1.807, 2.05) is 17.5 Å². The summed E-state index contributed by atoms with van der Waals surface area (Å²) >= 11 is 7.56. The SMILES string of the molecule is CC(C)N(Cc1cccs1)c1ccc([N+](=O)[O-])c(CCl)c1. The summed E-state index contributed by atoms with van der Waals surface area (Å²) in [7, 11) is 0. The third-order valence-corrected chi connectivity index (χ3v) is 4.41. The lowest BCUT2D eigenvalue weighted by Crippen LogP contribution is -2.29. The molecule has 0 atom stereocenters. The Hall–Kier alpha value is -1.59. The highest BCUT2D eigenvalue weighted by Gasteiger charge is 2.18. The highest BCUT2D eigenvalue weighted by atomic mass is 35.5. The van der Waals surface area contributed by atoms with E-state index in [4.69, 9.17) is 11.6 Å². The zero-order chi connectivity index (χ0) is 15.4. The first kappa shape index (κ1) is 15.8. The average Bonchev–Trinajstić information content (AvgIpc) is 2.96. The van der Waals surface area contributed by atoms with Crippen LogP contribution in [0.25, 0.3) is 0 Å². The maximum Gasteiger partial charge on any atom is 0.273 e. The molecule has 0 fully saturated rings. The molecular formula is C15H17ClN2O2S. The number of benzene rings is 1. The van der Waals surface area contributed by atoms with E-state index in [9.17, 15) is 10.1 Å². The molecule has 0 aliphatic heterocycles. The molecule has 0 amide bonds. The molecule has 1 heterocycles. The number of thiophene rings is 1. The second-order valence-corrected chi connectivity index (χ2v) is 6.30. The Balaban J connectivity index is 2.34. The van der Waals surface area contributed by atoms with Crippen molar-refractivity contribution in [3.05, 3.63) is 56.3 Å². The Labute approximate surface area is 133 Å². The van der Waals surface area contributed by atoms with Crippen molar-refractivity contribution in [3.63, 3.8) is 0 Å². The smallest absolute Gasteiger partial charge is 0.273 e. The molecule has 0 spiro atoms. The number of nitrogens with zero attached hydrogens (tertiary/aromatic N) is 2. The van der Waals surface area contributed by atoms with Crippen LogP contribution in [0.2, 0.25) is 0 Å². The summed E-state index contributed by atoms with van der Waals surface area (Å²) in [5.41, 5.74) is 1.59. The number of hydrogen-bond acceptors (Lipinski definition) is 4. The molecule has 1 aromatic carbocycles. The molecule has 0 saturated heterocycles. The Morgan fingerprint density at radius 1 is 1.38 bits per heavy atom. The molecule has 2 rings (SSSR count). The lowest BCUT2D eigenvalue weighted by molar-refractivity contribution is -0.385. The zero-order valence-corrected chi connectivity index (χ0v) is 13.5. The van der Waals surface area contributed by atoms with Crippen molar-refractivity contribution in [1.29, 1.82) is 0 Å². The van der Waals surface area contributed by atoms with Gasteiger partial charge in [0.05, 0.1) is 17.3 Å². The molecule has 0 aliphatic rings. The van der Waals surface area contributed by atoms with E-state index in [0.29, 0.717) is 5.56 Å². The minimum Gasteiger partial charge on any atom is -0.364 e. The van der Waals surface area contributed by atoms with Gasteiger partial charge in [-0.05, 0) is 37.4 Å². The summed E-state index contributed by atoms with van der Waals surface area (Å²) in [5.74, 6) is 0.134. The van der Waals surface area contributed by atoms with Gasteiger partial charge in [-0.3, -0.25) is 10.1 Å². The molecular weight excluding hydrogens is 308 g/mol. The van der Waals surface area contributed by atoms with E-state index in [-0.39, 0.29) is 22.5 Å².